The van der Waals surface area contributed by atoms with Crippen LogP contribution in [-0.2, 0) is 9.53 Å². The van der Waals surface area contributed by atoms with Crippen molar-refractivity contribution in [2.75, 3.05) is 13.2 Å². The number of piperidine rings is 1. The molecular weight excluding hydrogens is 266 g/mol. The van der Waals surface area contributed by atoms with Gasteiger partial charge in [-0.1, -0.05) is 6.92 Å². The van der Waals surface area contributed by atoms with Crippen LogP contribution >= 0.6 is 0 Å². The Balaban J connectivity index is 1.61. The van der Waals surface area contributed by atoms with Crippen LogP contribution in [0.5, 0.6) is 0 Å². The maximum Gasteiger partial charge on any atom is 0.223 e. The van der Waals surface area contributed by atoms with Gasteiger partial charge in [0.25, 0.3) is 0 Å². The molecule has 2 fully saturated rings. The van der Waals surface area contributed by atoms with E-state index < -0.39 is 0 Å². The van der Waals surface area contributed by atoms with Gasteiger partial charge in [0.2, 0.25) is 5.91 Å². The Hall–Kier alpha value is -1.29. The summed E-state index contributed by atoms with van der Waals surface area (Å²) in [5.74, 6) is 1.81. The zero-order chi connectivity index (χ0) is 14.7. The van der Waals surface area contributed by atoms with Crippen LogP contribution in [0.3, 0.4) is 0 Å². The highest BCUT2D eigenvalue weighted by atomic mass is 16.5. The van der Waals surface area contributed by atoms with Crippen molar-refractivity contribution in [2.45, 2.75) is 57.6 Å². The van der Waals surface area contributed by atoms with E-state index in [4.69, 9.17) is 9.15 Å². The molecule has 2 aliphatic rings. The zero-order valence-corrected chi connectivity index (χ0v) is 12.8. The van der Waals surface area contributed by atoms with Crippen molar-refractivity contribution in [3.8, 4) is 0 Å². The molecule has 3 heterocycles. The highest BCUT2D eigenvalue weighted by Gasteiger charge is 2.32. The van der Waals surface area contributed by atoms with Gasteiger partial charge in [-0.2, -0.15) is 0 Å². The van der Waals surface area contributed by atoms with E-state index in [0.29, 0.717) is 18.4 Å². The summed E-state index contributed by atoms with van der Waals surface area (Å²) in [7, 11) is 0. The summed E-state index contributed by atoms with van der Waals surface area (Å²) < 4.78 is 11.2. The lowest BCUT2D eigenvalue weighted by Crippen LogP contribution is -2.40. The van der Waals surface area contributed by atoms with Crippen LogP contribution < -0.4 is 0 Å². The number of nitrogens with zero attached hydrogens (tertiary/aromatic N) is 1. The lowest BCUT2D eigenvalue weighted by atomic mass is 9.90. The number of ether oxygens (including phenoxy) is 1. The lowest BCUT2D eigenvalue weighted by Gasteiger charge is -2.37. The Morgan fingerprint density at radius 1 is 1.43 bits per heavy atom. The van der Waals surface area contributed by atoms with E-state index in [2.05, 4.69) is 6.92 Å². The molecule has 3 rings (SSSR count). The highest BCUT2D eigenvalue weighted by molar-refractivity contribution is 5.76. The molecule has 21 heavy (non-hydrogen) atoms. The van der Waals surface area contributed by atoms with E-state index in [9.17, 15) is 4.79 Å². The normalized spacial score (nSPS) is 29.8. The molecule has 1 aromatic rings. The number of hydrogen-bond acceptors (Lipinski definition) is 3. The first kappa shape index (κ1) is 14.6. The number of rotatable bonds is 4. The van der Waals surface area contributed by atoms with Gasteiger partial charge in [-0.15, -0.1) is 0 Å². The van der Waals surface area contributed by atoms with E-state index in [1.165, 1.54) is 0 Å². The summed E-state index contributed by atoms with van der Waals surface area (Å²) in [5.41, 5.74) is 0. The molecule has 2 aliphatic heterocycles. The minimum atomic E-state index is 0.112. The van der Waals surface area contributed by atoms with Gasteiger partial charge in [-0.25, -0.2) is 0 Å². The fourth-order valence-electron chi connectivity index (χ4n) is 3.49. The Bertz CT molecular complexity index is 451. The molecule has 0 N–H and O–H groups in total. The number of hydrogen-bond donors (Lipinski definition) is 0. The molecule has 4 nitrogen and oxygen atoms in total. The molecule has 0 unspecified atom stereocenters. The molecular formula is C17H25NO3. The predicted octanol–water partition coefficient (Wildman–Crippen LogP) is 3.54. The van der Waals surface area contributed by atoms with Gasteiger partial charge in [0.15, 0.2) is 0 Å². The van der Waals surface area contributed by atoms with Crippen molar-refractivity contribution < 1.29 is 13.9 Å². The topological polar surface area (TPSA) is 42.7 Å². The number of carbonyl (C=O) groups excluding carboxylic acids is 1. The average Bonchev–Trinajstić information content (AvgIpc) is 3.18. The van der Waals surface area contributed by atoms with Crippen LogP contribution in [0.25, 0.3) is 0 Å². The molecule has 0 aromatic carbocycles. The van der Waals surface area contributed by atoms with E-state index in [1.54, 1.807) is 6.26 Å². The molecule has 1 amide bonds. The minimum absolute atomic E-state index is 0.112. The molecule has 0 bridgehead atoms. The molecule has 0 saturated carbocycles. The third-order valence-electron chi connectivity index (χ3n) is 4.76. The van der Waals surface area contributed by atoms with Crippen molar-refractivity contribution in [2.24, 2.45) is 5.92 Å². The van der Waals surface area contributed by atoms with Gasteiger partial charge in [0, 0.05) is 19.6 Å². The summed E-state index contributed by atoms with van der Waals surface area (Å²) >= 11 is 0. The SMILES string of the molecule is C[C@@H]1CCN(C(=O)CC[C@@H]2CCCO2)[C@@H](c2ccco2)C1. The monoisotopic (exact) mass is 291 g/mol. The van der Waals surface area contributed by atoms with Gasteiger partial charge >= 0.3 is 0 Å². The third kappa shape index (κ3) is 3.49. The molecule has 0 aliphatic carbocycles. The second-order valence-electron chi connectivity index (χ2n) is 6.42. The number of carbonyl (C=O) groups is 1. The zero-order valence-electron chi connectivity index (χ0n) is 12.8. The Morgan fingerprint density at radius 2 is 2.33 bits per heavy atom. The van der Waals surface area contributed by atoms with Crippen molar-refractivity contribution in [3.05, 3.63) is 24.2 Å². The second kappa shape index (κ2) is 6.65. The van der Waals surface area contributed by atoms with E-state index in [-0.39, 0.29) is 11.9 Å². The maximum absolute atomic E-state index is 12.6. The van der Waals surface area contributed by atoms with E-state index in [1.807, 2.05) is 17.0 Å². The maximum atomic E-state index is 12.6. The first-order chi connectivity index (χ1) is 10.2. The van der Waals surface area contributed by atoms with Gasteiger partial charge in [-0.05, 0) is 50.2 Å². The second-order valence-corrected chi connectivity index (χ2v) is 6.42. The Morgan fingerprint density at radius 3 is 3.05 bits per heavy atom. The largest absolute Gasteiger partial charge is 0.467 e. The molecule has 3 atom stereocenters. The van der Waals surface area contributed by atoms with Crippen molar-refractivity contribution >= 4 is 5.91 Å². The average molecular weight is 291 g/mol. The fourth-order valence-corrected chi connectivity index (χ4v) is 3.49. The summed E-state index contributed by atoms with van der Waals surface area (Å²) in [4.78, 5) is 14.6. The van der Waals surface area contributed by atoms with Gasteiger partial charge in [0.05, 0.1) is 18.4 Å². The Labute approximate surface area is 126 Å². The lowest BCUT2D eigenvalue weighted by molar-refractivity contribution is -0.136. The van der Waals surface area contributed by atoms with Crippen molar-refractivity contribution in [1.82, 2.24) is 4.90 Å². The van der Waals surface area contributed by atoms with Crippen LogP contribution in [0, 0.1) is 5.92 Å². The number of likely N-dealkylation sites (tertiary alicyclic amines) is 1. The molecule has 116 valence electrons. The summed E-state index contributed by atoms with van der Waals surface area (Å²) in [6.07, 6.45) is 7.76. The highest BCUT2D eigenvalue weighted by Crippen LogP contribution is 2.35. The van der Waals surface area contributed by atoms with Crippen molar-refractivity contribution in [3.63, 3.8) is 0 Å². The summed E-state index contributed by atoms with van der Waals surface area (Å²) in [5, 5.41) is 0. The van der Waals surface area contributed by atoms with Gasteiger partial charge in [-0.3, -0.25) is 4.79 Å². The number of amides is 1. The summed E-state index contributed by atoms with van der Waals surface area (Å²) in [6.45, 7) is 3.95. The number of furan rings is 1. The molecule has 0 radical (unpaired) electrons. The van der Waals surface area contributed by atoms with Crippen LogP contribution in [0.1, 0.15) is 57.3 Å². The van der Waals surface area contributed by atoms with Crippen LogP contribution in [0.15, 0.2) is 22.8 Å². The van der Waals surface area contributed by atoms with Crippen LogP contribution in [0.2, 0.25) is 0 Å². The van der Waals surface area contributed by atoms with E-state index >= 15 is 0 Å². The molecule has 1 aromatic heterocycles. The fraction of sp³-hybridized carbons (Fsp3) is 0.706. The van der Waals surface area contributed by atoms with Crippen LogP contribution in [0.4, 0.5) is 0 Å². The third-order valence-corrected chi connectivity index (χ3v) is 4.76. The summed E-state index contributed by atoms with van der Waals surface area (Å²) in [6, 6.07) is 4.01. The molecule has 0 spiro atoms. The van der Waals surface area contributed by atoms with Gasteiger partial charge < -0.3 is 14.1 Å². The predicted molar refractivity (Wildman–Crippen MR) is 79.8 cm³/mol. The Kier molecular flexibility index (Phi) is 4.63. The molecule has 4 heteroatoms. The van der Waals surface area contributed by atoms with E-state index in [0.717, 1.165) is 51.0 Å². The molecule has 2 saturated heterocycles. The first-order valence-corrected chi connectivity index (χ1v) is 8.18. The minimum Gasteiger partial charge on any atom is -0.467 e. The standard InChI is InChI=1S/C17H25NO3/c1-13-8-9-18(15(12-13)16-5-3-11-21-16)17(19)7-6-14-4-2-10-20-14/h3,5,11,13-15H,2,4,6-10,12H2,1H3/t13-,14+,15-/m1/s1. The quantitative estimate of drug-likeness (QED) is 0.852. The first-order valence-electron chi connectivity index (χ1n) is 8.18. The van der Waals surface area contributed by atoms with Crippen molar-refractivity contribution in [1.29, 1.82) is 0 Å². The van der Waals surface area contributed by atoms with Gasteiger partial charge in [0.1, 0.15) is 5.76 Å². The smallest absolute Gasteiger partial charge is 0.223 e. The van der Waals surface area contributed by atoms with Crippen LogP contribution in [-0.4, -0.2) is 30.1 Å².